The van der Waals surface area contributed by atoms with Gasteiger partial charge >= 0.3 is 11.9 Å². The van der Waals surface area contributed by atoms with Crippen LogP contribution in [-0.4, -0.2) is 61.7 Å². The number of rotatable bonds is 8. The van der Waals surface area contributed by atoms with Crippen molar-refractivity contribution in [1.82, 2.24) is 25.0 Å². The first-order chi connectivity index (χ1) is 21.0. The molecule has 1 aliphatic carbocycles. The quantitative estimate of drug-likeness (QED) is 0.264. The molecule has 2 heterocycles. The van der Waals surface area contributed by atoms with Gasteiger partial charge < -0.3 is 14.8 Å². The highest BCUT2D eigenvalue weighted by molar-refractivity contribution is 6.06. The molecule has 12 heteroatoms. The number of hydrogen-bond donors (Lipinski definition) is 1. The van der Waals surface area contributed by atoms with Gasteiger partial charge in [-0.2, -0.15) is 0 Å². The molecule has 0 radical (unpaired) electrons. The zero-order valence-corrected chi connectivity index (χ0v) is 22.6. The molecule has 1 aliphatic rings. The number of carbonyl (C=O) groups is 3. The lowest BCUT2D eigenvalue weighted by Crippen LogP contribution is -2.33. The van der Waals surface area contributed by atoms with E-state index in [9.17, 15) is 14.4 Å². The average Bonchev–Trinajstić information content (AvgIpc) is 3.62. The van der Waals surface area contributed by atoms with Crippen molar-refractivity contribution in [1.29, 1.82) is 0 Å². The number of benzene rings is 3. The molecule has 0 saturated heterocycles. The molecule has 1 N–H and O–H groups in total. The third-order valence-electron chi connectivity index (χ3n) is 7.22. The summed E-state index contributed by atoms with van der Waals surface area (Å²) >= 11 is 0. The van der Waals surface area contributed by atoms with Gasteiger partial charge in [0.2, 0.25) is 0 Å². The van der Waals surface area contributed by atoms with E-state index in [2.05, 4.69) is 25.6 Å². The number of nitrogens with zero attached hydrogens (tertiary/aromatic N) is 5. The lowest BCUT2D eigenvalue weighted by Gasteiger charge is -2.21. The van der Waals surface area contributed by atoms with Gasteiger partial charge in [-0.05, 0) is 42.8 Å². The van der Waals surface area contributed by atoms with Crippen molar-refractivity contribution in [2.45, 2.75) is 24.7 Å². The molecule has 216 valence electrons. The van der Waals surface area contributed by atoms with E-state index in [4.69, 9.17) is 9.47 Å². The van der Waals surface area contributed by atoms with Gasteiger partial charge in [0.25, 0.3) is 5.91 Å². The van der Waals surface area contributed by atoms with E-state index in [-0.39, 0.29) is 35.6 Å². The Labute approximate surface area is 244 Å². The van der Waals surface area contributed by atoms with Crippen LogP contribution in [0.3, 0.4) is 0 Å². The van der Waals surface area contributed by atoms with Crippen molar-refractivity contribution in [3.63, 3.8) is 0 Å². The minimum absolute atomic E-state index is 0.101. The van der Waals surface area contributed by atoms with E-state index in [0.29, 0.717) is 11.1 Å². The van der Waals surface area contributed by atoms with Gasteiger partial charge in [-0.15, -0.1) is 5.10 Å². The van der Waals surface area contributed by atoms with Gasteiger partial charge in [0.15, 0.2) is 23.2 Å². The van der Waals surface area contributed by atoms with Gasteiger partial charge in [-0.25, -0.2) is 28.6 Å². The molecule has 0 aliphatic heterocycles. The van der Waals surface area contributed by atoms with Crippen LogP contribution in [0.1, 0.15) is 43.5 Å². The van der Waals surface area contributed by atoms with Crippen LogP contribution in [0.4, 0.5) is 10.2 Å². The molecule has 1 fully saturated rings. The Morgan fingerprint density at radius 1 is 0.837 bits per heavy atom. The Morgan fingerprint density at radius 2 is 1.44 bits per heavy atom. The molecule has 0 spiro atoms. The second-order valence-corrected chi connectivity index (χ2v) is 9.96. The Bertz CT molecular complexity index is 1750. The highest BCUT2D eigenvalue weighted by atomic mass is 19.1. The largest absolute Gasteiger partial charge is 0.462 e. The standard InChI is InChI=1S/C31H25FN6O5/c32-24-23(38-28-25(36-37-38)27(33-18-34-28)35-29(39)19-10-4-1-5-11-19)16-22(17-42-30(40)20-12-6-2-7-13-20)26(24)43-31(41)21-14-8-3-9-15-21/h1-15,18,22-24,26H,16-17H2,(H,33,34,35,39). The maximum absolute atomic E-state index is 16.2. The summed E-state index contributed by atoms with van der Waals surface area (Å²) in [7, 11) is 0. The van der Waals surface area contributed by atoms with Gasteiger partial charge in [0.05, 0.1) is 23.8 Å². The van der Waals surface area contributed by atoms with Gasteiger partial charge in [0, 0.05) is 11.5 Å². The lowest BCUT2D eigenvalue weighted by atomic mass is 10.1. The maximum atomic E-state index is 16.2. The molecular formula is C31H25FN6O5. The molecule has 43 heavy (non-hydrogen) atoms. The van der Waals surface area contributed by atoms with Crippen LogP contribution < -0.4 is 5.32 Å². The Balaban J connectivity index is 1.26. The highest BCUT2D eigenvalue weighted by Crippen LogP contribution is 2.41. The zero-order valence-electron chi connectivity index (χ0n) is 22.6. The number of hydrogen-bond acceptors (Lipinski definition) is 9. The summed E-state index contributed by atoms with van der Waals surface area (Å²) in [5, 5.41) is 11.0. The van der Waals surface area contributed by atoms with Gasteiger partial charge in [-0.3, -0.25) is 4.79 Å². The number of halogens is 1. The Morgan fingerprint density at radius 3 is 2.09 bits per heavy atom. The van der Waals surface area contributed by atoms with Crippen LogP contribution in [0.2, 0.25) is 0 Å². The predicted molar refractivity (Wildman–Crippen MR) is 152 cm³/mol. The van der Waals surface area contributed by atoms with E-state index in [1.807, 2.05) is 0 Å². The lowest BCUT2D eigenvalue weighted by molar-refractivity contribution is -0.0151. The number of anilines is 1. The van der Waals surface area contributed by atoms with Crippen molar-refractivity contribution in [3.8, 4) is 0 Å². The first kappa shape index (κ1) is 27.6. The Hall–Kier alpha value is -5.52. The second-order valence-electron chi connectivity index (χ2n) is 9.96. The molecule has 5 aromatic rings. The monoisotopic (exact) mass is 580 g/mol. The number of ether oxygens (including phenoxy) is 2. The topological polar surface area (TPSA) is 138 Å². The molecule has 11 nitrogen and oxygen atoms in total. The van der Waals surface area contributed by atoms with Crippen molar-refractivity contribution in [3.05, 3.63) is 114 Å². The van der Waals surface area contributed by atoms with E-state index in [0.717, 1.165) is 0 Å². The van der Waals surface area contributed by atoms with E-state index >= 15 is 4.39 Å². The van der Waals surface area contributed by atoms with Crippen molar-refractivity contribution < 1.29 is 28.2 Å². The smallest absolute Gasteiger partial charge is 0.338 e. The number of carbonyl (C=O) groups excluding carboxylic acids is 3. The summed E-state index contributed by atoms with van der Waals surface area (Å²) in [4.78, 5) is 46.7. The van der Waals surface area contributed by atoms with Crippen LogP contribution in [0.5, 0.6) is 0 Å². The molecule has 4 unspecified atom stereocenters. The maximum Gasteiger partial charge on any atom is 0.338 e. The molecule has 4 atom stereocenters. The fourth-order valence-electron chi connectivity index (χ4n) is 5.07. The minimum atomic E-state index is -1.74. The molecule has 2 aromatic heterocycles. The van der Waals surface area contributed by atoms with Gasteiger partial charge in [0.1, 0.15) is 12.4 Å². The van der Waals surface area contributed by atoms with Crippen LogP contribution in [0, 0.1) is 5.92 Å². The third-order valence-corrected chi connectivity index (χ3v) is 7.22. The molecule has 1 saturated carbocycles. The summed E-state index contributed by atoms with van der Waals surface area (Å²) in [5.41, 5.74) is 1.36. The Kier molecular flexibility index (Phi) is 7.81. The van der Waals surface area contributed by atoms with Crippen molar-refractivity contribution >= 4 is 34.8 Å². The summed E-state index contributed by atoms with van der Waals surface area (Å²) in [6.07, 6.45) is -1.67. The number of aromatic nitrogens is 5. The number of amides is 1. The number of nitrogens with one attached hydrogen (secondary N) is 1. The normalized spacial score (nSPS) is 19.6. The van der Waals surface area contributed by atoms with Crippen LogP contribution in [0.25, 0.3) is 11.2 Å². The summed E-state index contributed by atoms with van der Waals surface area (Å²) in [6.45, 7) is -0.197. The molecule has 6 rings (SSSR count). The van der Waals surface area contributed by atoms with Crippen LogP contribution >= 0.6 is 0 Å². The number of fused-ring (bicyclic) bond motifs is 1. The van der Waals surface area contributed by atoms with Gasteiger partial charge in [-0.1, -0.05) is 59.8 Å². The minimum Gasteiger partial charge on any atom is -0.462 e. The predicted octanol–water partition coefficient (Wildman–Crippen LogP) is 4.46. The zero-order chi connectivity index (χ0) is 29.8. The summed E-state index contributed by atoms with van der Waals surface area (Å²) < 4.78 is 28.7. The van der Waals surface area contributed by atoms with Crippen molar-refractivity contribution in [2.75, 3.05) is 11.9 Å². The molecule has 3 aromatic carbocycles. The number of esters is 2. The first-order valence-electron chi connectivity index (χ1n) is 13.5. The molecule has 0 bridgehead atoms. The van der Waals surface area contributed by atoms with Crippen LogP contribution in [-0.2, 0) is 9.47 Å². The fourth-order valence-corrected chi connectivity index (χ4v) is 5.07. The second kappa shape index (κ2) is 12.1. The fraction of sp³-hybridized carbons (Fsp3) is 0.194. The van der Waals surface area contributed by atoms with E-state index in [1.165, 1.54) is 11.0 Å². The SMILES string of the molecule is O=C(Nc1ncnc2c1nnn2C1CC(COC(=O)c2ccccc2)C(OC(=O)c2ccccc2)C1F)c1ccccc1. The number of alkyl halides is 1. The highest BCUT2D eigenvalue weighted by Gasteiger charge is 2.49. The molecular weight excluding hydrogens is 555 g/mol. The third kappa shape index (κ3) is 5.80. The summed E-state index contributed by atoms with van der Waals surface area (Å²) in [6, 6.07) is 24.2. The summed E-state index contributed by atoms with van der Waals surface area (Å²) in [5.74, 6) is -2.28. The average molecular weight is 581 g/mol. The van der Waals surface area contributed by atoms with Crippen molar-refractivity contribution in [2.24, 2.45) is 5.92 Å². The van der Waals surface area contributed by atoms with E-state index in [1.54, 1.807) is 91.0 Å². The van der Waals surface area contributed by atoms with E-state index < -0.39 is 42.1 Å². The first-order valence-corrected chi connectivity index (χ1v) is 13.5. The molecule has 1 amide bonds. The van der Waals surface area contributed by atoms with Crippen LogP contribution in [0.15, 0.2) is 97.3 Å².